The second-order valence-electron chi connectivity index (χ2n) is 3.51. The van der Waals surface area contributed by atoms with E-state index >= 15 is 0 Å². The highest BCUT2D eigenvalue weighted by Gasteiger charge is 2.09. The van der Waals surface area contributed by atoms with E-state index in [4.69, 9.17) is 5.73 Å². The highest BCUT2D eigenvalue weighted by atomic mass is 19.2. The predicted molar refractivity (Wildman–Crippen MR) is 56.2 cm³/mol. The van der Waals surface area contributed by atoms with E-state index in [1.165, 1.54) is 29.2 Å². The van der Waals surface area contributed by atoms with Crippen LogP contribution in [-0.2, 0) is 6.54 Å². The second-order valence-corrected chi connectivity index (χ2v) is 3.51. The van der Waals surface area contributed by atoms with Crippen LogP contribution in [0.4, 0.5) is 8.78 Å². The van der Waals surface area contributed by atoms with Crippen LogP contribution in [0.5, 0.6) is 0 Å². The zero-order valence-corrected chi connectivity index (χ0v) is 8.73. The first-order valence-electron chi connectivity index (χ1n) is 4.82. The Morgan fingerprint density at radius 1 is 1.41 bits per heavy atom. The molecule has 0 saturated heterocycles. The number of nitrogens with two attached hydrogens (primary N) is 1. The Kier molecular flexibility index (Phi) is 2.86. The fourth-order valence-corrected chi connectivity index (χ4v) is 1.44. The molecule has 1 aromatic carbocycles. The Morgan fingerprint density at radius 2 is 2.18 bits per heavy atom. The fraction of sp³-hybridized carbons (Fsp3) is 0.0909. The Balaban J connectivity index is 2.25. The van der Waals surface area contributed by atoms with Crippen molar-refractivity contribution in [2.45, 2.75) is 6.54 Å². The minimum Gasteiger partial charge on any atom is -0.364 e. The number of primary amides is 1. The monoisotopic (exact) mass is 237 g/mol. The first-order chi connectivity index (χ1) is 8.08. The molecule has 6 heteroatoms. The van der Waals surface area contributed by atoms with Gasteiger partial charge < -0.3 is 10.3 Å². The number of amides is 1. The summed E-state index contributed by atoms with van der Waals surface area (Å²) in [5, 5.41) is 0. The fourth-order valence-electron chi connectivity index (χ4n) is 1.44. The van der Waals surface area contributed by atoms with Crippen LogP contribution >= 0.6 is 0 Å². The van der Waals surface area contributed by atoms with E-state index in [-0.39, 0.29) is 17.8 Å². The van der Waals surface area contributed by atoms with Gasteiger partial charge in [-0.05, 0) is 6.07 Å². The number of hydrogen-bond donors (Lipinski definition) is 1. The molecule has 0 unspecified atom stereocenters. The van der Waals surface area contributed by atoms with Crippen molar-refractivity contribution in [3.8, 4) is 0 Å². The Labute approximate surface area is 95.7 Å². The molecule has 0 atom stereocenters. The van der Waals surface area contributed by atoms with Crippen LogP contribution in [0.3, 0.4) is 0 Å². The molecule has 1 heterocycles. The first-order valence-corrected chi connectivity index (χ1v) is 4.82. The molecule has 17 heavy (non-hydrogen) atoms. The van der Waals surface area contributed by atoms with Crippen molar-refractivity contribution in [1.29, 1.82) is 0 Å². The number of imidazole rings is 1. The molecule has 0 radical (unpaired) electrons. The summed E-state index contributed by atoms with van der Waals surface area (Å²) in [7, 11) is 0. The molecule has 0 aliphatic heterocycles. The zero-order valence-electron chi connectivity index (χ0n) is 8.73. The van der Waals surface area contributed by atoms with Crippen molar-refractivity contribution in [2.75, 3.05) is 0 Å². The summed E-state index contributed by atoms with van der Waals surface area (Å²) in [6, 6.07) is 3.92. The lowest BCUT2D eigenvalue weighted by Gasteiger charge is -2.04. The largest absolute Gasteiger partial charge is 0.364 e. The van der Waals surface area contributed by atoms with Crippen LogP contribution in [0.15, 0.2) is 30.7 Å². The quantitative estimate of drug-likeness (QED) is 0.874. The Hall–Kier alpha value is -2.24. The maximum atomic E-state index is 13.4. The number of benzene rings is 1. The van der Waals surface area contributed by atoms with Gasteiger partial charge in [-0.3, -0.25) is 4.79 Å². The van der Waals surface area contributed by atoms with Crippen molar-refractivity contribution in [3.05, 3.63) is 53.6 Å². The lowest BCUT2D eigenvalue weighted by atomic mass is 10.2. The molecule has 2 rings (SSSR count). The third-order valence-corrected chi connectivity index (χ3v) is 2.27. The number of hydrogen-bond acceptors (Lipinski definition) is 2. The Morgan fingerprint density at radius 3 is 2.82 bits per heavy atom. The third-order valence-electron chi connectivity index (χ3n) is 2.27. The first kappa shape index (κ1) is 11.3. The molecular weight excluding hydrogens is 228 g/mol. The molecule has 1 aromatic heterocycles. The average Bonchev–Trinajstić information content (AvgIpc) is 2.73. The molecule has 0 saturated carbocycles. The summed E-state index contributed by atoms with van der Waals surface area (Å²) in [6.07, 6.45) is 2.72. The van der Waals surface area contributed by atoms with Crippen molar-refractivity contribution >= 4 is 5.91 Å². The normalized spacial score (nSPS) is 10.5. The van der Waals surface area contributed by atoms with Crippen LogP contribution in [0.1, 0.15) is 16.1 Å². The van der Waals surface area contributed by atoms with Gasteiger partial charge in [-0.25, -0.2) is 13.8 Å². The summed E-state index contributed by atoms with van der Waals surface area (Å²) in [6.45, 7) is 0.0872. The van der Waals surface area contributed by atoms with Crippen LogP contribution < -0.4 is 5.73 Å². The molecule has 2 aromatic rings. The molecule has 4 nitrogen and oxygen atoms in total. The molecule has 0 fully saturated rings. The van der Waals surface area contributed by atoms with E-state index in [9.17, 15) is 13.6 Å². The van der Waals surface area contributed by atoms with Gasteiger partial charge >= 0.3 is 0 Å². The van der Waals surface area contributed by atoms with Gasteiger partial charge in [-0.1, -0.05) is 12.1 Å². The van der Waals surface area contributed by atoms with E-state index < -0.39 is 17.5 Å². The molecule has 0 spiro atoms. The number of carbonyl (C=O) groups excluding carboxylic acids is 1. The van der Waals surface area contributed by atoms with Crippen LogP contribution in [0.2, 0.25) is 0 Å². The lowest BCUT2D eigenvalue weighted by molar-refractivity contribution is 0.0996. The number of rotatable bonds is 3. The maximum absolute atomic E-state index is 13.4. The van der Waals surface area contributed by atoms with Crippen molar-refractivity contribution < 1.29 is 13.6 Å². The van der Waals surface area contributed by atoms with Gasteiger partial charge in [0.25, 0.3) is 5.91 Å². The number of aromatic nitrogens is 2. The molecule has 0 aliphatic rings. The smallest absolute Gasteiger partial charge is 0.268 e. The maximum Gasteiger partial charge on any atom is 0.268 e. The van der Waals surface area contributed by atoms with E-state index in [1.807, 2.05) is 0 Å². The van der Waals surface area contributed by atoms with E-state index in [0.29, 0.717) is 0 Å². The Bertz CT molecular complexity index is 566. The number of nitrogens with zero attached hydrogens (tertiary/aromatic N) is 2. The second kappa shape index (κ2) is 4.32. The topological polar surface area (TPSA) is 60.9 Å². The molecule has 88 valence electrons. The summed E-state index contributed by atoms with van der Waals surface area (Å²) < 4.78 is 27.7. The van der Waals surface area contributed by atoms with Crippen LogP contribution in [-0.4, -0.2) is 15.5 Å². The minimum absolute atomic E-state index is 0.0850. The molecule has 0 bridgehead atoms. The van der Waals surface area contributed by atoms with Gasteiger partial charge in [0.15, 0.2) is 11.6 Å². The van der Waals surface area contributed by atoms with Gasteiger partial charge in [0, 0.05) is 11.8 Å². The number of carbonyl (C=O) groups is 1. The van der Waals surface area contributed by atoms with E-state index in [2.05, 4.69) is 4.98 Å². The van der Waals surface area contributed by atoms with Crippen LogP contribution in [0, 0.1) is 11.6 Å². The molecule has 0 aliphatic carbocycles. The van der Waals surface area contributed by atoms with Crippen molar-refractivity contribution in [3.63, 3.8) is 0 Å². The molecule has 2 N–H and O–H groups in total. The SMILES string of the molecule is NC(=O)c1cn(Cc2cccc(F)c2F)cn1. The van der Waals surface area contributed by atoms with Crippen molar-refractivity contribution in [2.24, 2.45) is 5.73 Å². The summed E-state index contributed by atoms with van der Waals surface area (Å²) in [5.74, 6) is -2.47. The minimum atomic E-state index is -0.905. The highest BCUT2D eigenvalue weighted by Crippen LogP contribution is 2.12. The third kappa shape index (κ3) is 2.30. The van der Waals surface area contributed by atoms with Gasteiger partial charge in [0.1, 0.15) is 5.69 Å². The van der Waals surface area contributed by atoms with E-state index in [0.717, 1.165) is 6.07 Å². The highest BCUT2D eigenvalue weighted by molar-refractivity contribution is 5.90. The van der Waals surface area contributed by atoms with Crippen LogP contribution in [0.25, 0.3) is 0 Å². The molecular formula is C11H9F2N3O. The predicted octanol–water partition coefficient (Wildman–Crippen LogP) is 1.31. The van der Waals surface area contributed by atoms with Gasteiger partial charge in [-0.15, -0.1) is 0 Å². The summed E-state index contributed by atoms with van der Waals surface area (Å²) in [4.78, 5) is 14.5. The van der Waals surface area contributed by atoms with E-state index in [1.54, 1.807) is 0 Å². The lowest BCUT2D eigenvalue weighted by Crippen LogP contribution is -2.11. The molecule has 1 amide bonds. The summed E-state index contributed by atoms with van der Waals surface area (Å²) in [5.41, 5.74) is 5.29. The standard InChI is InChI=1S/C11H9F2N3O/c12-8-3-1-2-7(10(8)13)4-16-5-9(11(14)17)15-6-16/h1-3,5-6H,4H2,(H2,14,17). The zero-order chi connectivity index (χ0) is 12.4. The van der Waals surface area contributed by atoms with Crippen molar-refractivity contribution in [1.82, 2.24) is 9.55 Å². The summed E-state index contributed by atoms with van der Waals surface area (Å²) >= 11 is 0. The number of halogens is 2. The average molecular weight is 237 g/mol. The van der Waals surface area contributed by atoms with Gasteiger partial charge in [0.05, 0.1) is 12.9 Å². The van der Waals surface area contributed by atoms with Gasteiger partial charge in [0.2, 0.25) is 0 Å². The van der Waals surface area contributed by atoms with Gasteiger partial charge in [-0.2, -0.15) is 0 Å².